The molecule has 27 heavy (non-hydrogen) atoms. The molecule has 7 heteroatoms. The number of sulfonamides is 1. The molecule has 0 aliphatic heterocycles. The molecular formula is C20H26N2O4S. The molecule has 1 atom stereocenters. The lowest BCUT2D eigenvalue weighted by molar-refractivity contribution is -0.117. The van der Waals surface area contributed by atoms with E-state index in [4.69, 9.17) is 4.74 Å². The Bertz CT molecular complexity index is 862. The maximum atomic E-state index is 12.8. The number of anilines is 2. The number of carbonyl (C=O) groups excluding carboxylic acids is 1. The molecule has 2 rings (SSSR count). The Labute approximate surface area is 161 Å². The zero-order chi connectivity index (χ0) is 20.0. The SMILES string of the molecule is CCOc1ccc(NC(=O)[C@@H](CC)N(c2ccc(C)cc2)S(C)(=O)=O)cc1. The number of rotatable bonds is 8. The van der Waals surface area contributed by atoms with Gasteiger partial charge in [0.25, 0.3) is 0 Å². The van der Waals surface area contributed by atoms with E-state index in [0.717, 1.165) is 11.8 Å². The maximum Gasteiger partial charge on any atom is 0.248 e. The number of nitrogens with one attached hydrogen (secondary N) is 1. The van der Waals surface area contributed by atoms with Crippen LogP contribution in [0.4, 0.5) is 11.4 Å². The Hall–Kier alpha value is -2.54. The van der Waals surface area contributed by atoms with Crippen molar-refractivity contribution in [3.05, 3.63) is 54.1 Å². The van der Waals surface area contributed by atoms with Crippen molar-refractivity contribution < 1.29 is 17.9 Å². The quantitative estimate of drug-likeness (QED) is 0.748. The van der Waals surface area contributed by atoms with Crippen LogP contribution in [0.25, 0.3) is 0 Å². The number of hydrogen-bond donors (Lipinski definition) is 1. The van der Waals surface area contributed by atoms with E-state index in [-0.39, 0.29) is 5.91 Å². The van der Waals surface area contributed by atoms with E-state index in [0.29, 0.717) is 30.2 Å². The molecule has 6 nitrogen and oxygen atoms in total. The van der Waals surface area contributed by atoms with E-state index >= 15 is 0 Å². The summed E-state index contributed by atoms with van der Waals surface area (Å²) in [4.78, 5) is 12.8. The fourth-order valence-electron chi connectivity index (χ4n) is 2.78. The van der Waals surface area contributed by atoms with Crippen LogP contribution in [0.15, 0.2) is 48.5 Å². The minimum atomic E-state index is -3.64. The molecule has 0 bridgehead atoms. The summed E-state index contributed by atoms with van der Waals surface area (Å²) < 4.78 is 31.4. The summed E-state index contributed by atoms with van der Waals surface area (Å²) in [5, 5.41) is 2.80. The molecule has 2 aromatic rings. The Morgan fingerprint density at radius 2 is 1.67 bits per heavy atom. The molecule has 0 saturated carbocycles. The van der Waals surface area contributed by atoms with E-state index in [9.17, 15) is 13.2 Å². The van der Waals surface area contributed by atoms with Crippen molar-refractivity contribution in [1.82, 2.24) is 0 Å². The van der Waals surface area contributed by atoms with Gasteiger partial charge in [-0.3, -0.25) is 9.10 Å². The summed E-state index contributed by atoms with van der Waals surface area (Å²) in [6.07, 6.45) is 1.45. The lowest BCUT2D eigenvalue weighted by Gasteiger charge is -2.30. The Balaban J connectivity index is 2.27. The second-order valence-corrected chi connectivity index (χ2v) is 8.12. The highest BCUT2D eigenvalue weighted by atomic mass is 32.2. The Kier molecular flexibility index (Phi) is 6.85. The number of amides is 1. The normalized spacial score (nSPS) is 12.3. The van der Waals surface area contributed by atoms with Gasteiger partial charge in [0.05, 0.1) is 18.6 Å². The first-order valence-electron chi connectivity index (χ1n) is 8.86. The van der Waals surface area contributed by atoms with Crippen molar-refractivity contribution in [3.8, 4) is 5.75 Å². The standard InChI is InChI=1S/C20H26N2O4S/c1-5-19(20(23)21-16-9-13-18(14-10-16)26-6-2)22(27(4,24)25)17-11-7-15(3)8-12-17/h7-14,19H,5-6H2,1-4H3,(H,21,23)/t19-/m1/s1. The molecule has 1 amide bonds. The van der Waals surface area contributed by atoms with Gasteiger partial charge >= 0.3 is 0 Å². The van der Waals surface area contributed by atoms with Crippen LogP contribution in [0.1, 0.15) is 25.8 Å². The van der Waals surface area contributed by atoms with Gasteiger partial charge in [-0.15, -0.1) is 0 Å². The largest absolute Gasteiger partial charge is 0.494 e. The summed E-state index contributed by atoms with van der Waals surface area (Å²) >= 11 is 0. The molecule has 0 aliphatic carbocycles. The molecule has 1 N–H and O–H groups in total. The first-order chi connectivity index (χ1) is 12.8. The van der Waals surface area contributed by atoms with Gasteiger partial charge in [0.2, 0.25) is 15.9 Å². The van der Waals surface area contributed by atoms with E-state index in [1.807, 2.05) is 26.0 Å². The highest BCUT2D eigenvalue weighted by molar-refractivity contribution is 7.92. The lowest BCUT2D eigenvalue weighted by Crippen LogP contribution is -2.47. The van der Waals surface area contributed by atoms with Crippen LogP contribution in [0.2, 0.25) is 0 Å². The van der Waals surface area contributed by atoms with Gasteiger partial charge in [0, 0.05) is 5.69 Å². The van der Waals surface area contributed by atoms with Gasteiger partial charge in [-0.2, -0.15) is 0 Å². The van der Waals surface area contributed by atoms with Crippen molar-refractivity contribution in [3.63, 3.8) is 0 Å². The van der Waals surface area contributed by atoms with Crippen LogP contribution in [0.5, 0.6) is 5.75 Å². The smallest absolute Gasteiger partial charge is 0.248 e. The molecule has 146 valence electrons. The minimum absolute atomic E-state index is 0.337. The van der Waals surface area contributed by atoms with Gasteiger partial charge in [-0.05, 0) is 56.7 Å². The number of ether oxygens (including phenoxy) is 1. The highest BCUT2D eigenvalue weighted by Crippen LogP contribution is 2.24. The molecule has 0 radical (unpaired) electrons. The number of nitrogens with zero attached hydrogens (tertiary/aromatic N) is 1. The van der Waals surface area contributed by atoms with Crippen molar-refractivity contribution in [2.24, 2.45) is 0 Å². The lowest BCUT2D eigenvalue weighted by atomic mass is 10.1. The van der Waals surface area contributed by atoms with Crippen LogP contribution in [-0.4, -0.2) is 33.2 Å². The number of hydrogen-bond acceptors (Lipinski definition) is 4. The molecule has 0 saturated heterocycles. The monoisotopic (exact) mass is 390 g/mol. The molecular weight excluding hydrogens is 364 g/mol. The molecule has 0 aromatic heterocycles. The third-order valence-electron chi connectivity index (χ3n) is 4.05. The fourth-order valence-corrected chi connectivity index (χ4v) is 3.99. The van der Waals surface area contributed by atoms with Crippen molar-refractivity contribution in [2.45, 2.75) is 33.2 Å². The second-order valence-electron chi connectivity index (χ2n) is 6.27. The summed E-state index contributed by atoms with van der Waals surface area (Å²) in [6.45, 7) is 6.16. The predicted octanol–water partition coefficient (Wildman–Crippen LogP) is 3.58. The van der Waals surface area contributed by atoms with Crippen molar-refractivity contribution in [1.29, 1.82) is 0 Å². The average molecular weight is 391 g/mol. The van der Waals surface area contributed by atoms with Crippen LogP contribution in [-0.2, 0) is 14.8 Å². The zero-order valence-electron chi connectivity index (χ0n) is 16.1. The number of aryl methyl sites for hydroxylation is 1. The molecule has 2 aromatic carbocycles. The van der Waals surface area contributed by atoms with Crippen LogP contribution < -0.4 is 14.4 Å². The number of benzene rings is 2. The minimum Gasteiger partial charge on any atom is -0.494 e. The van der Waals surface area contributed by atoms with Crippen molar-refractivity contribution >= 4 is 27.3 Å². The summed E-state index contributed by atoms with van der Waals surface area (Å²) in [6, 6.07) is 13.2. The first-order valence-corrected chi connectivity index (χ1v) is 10.7. The third-order valence-corrected chi connectivity index (χ3v) is 5.23. The van der Waals surface area contributed by atoms with Gasteiger partial charge < -0.3 is 10.1 Å². The van der Waals surface area contributed by atoms with Gasteiger partial charge in [-0.25, -0.2) is 8.42 Å². The molecule has 0 aliphatic rings. The van der Waals surface area contributed by atoms with E-state index < -0.39 is 16.1 Å². The molecule has 0 fully saturated rings. The zero-order valence-corrected chi connectivity index (χ0v) is 16.9. The van der Waals surface area contributed by atoms with Crippen LogP contribution in [0.3, 0.4) is 0 Å². The summed E-state index contributed by atoms with van der Waals surface area (Å²) in [5.74, 6) is 0.326. The van der Waals surface area contributed by atoms with Crippen LogP contribution >= 0.6 is 0 Å². The predicted molar refractivity (Wildman–Crippen MR) is 109 cm³/mol. The van der Waals surface area contributed by atoms with Crippen LogP contribution in [0, 0.1) is 6.92 Å². The van der Waals surface area contributed by atoms with E-state index in [1.165, 1.54) is 4.31 Å². The van der Waals surface area contributed by atoms with Crippen molar-refractivity contribution in [2.75, 3.05) is 22.5 Å². The Morgan fingerprint density at radius 3 is 2.15 bits per heavy atom. The third kappa shape index (κ3) is 5.47. The van der Waals surface area contributed by atoms with E-state index in [2.05, 4.69) is 5.32 Å². The topological polar surface area (TPSA) is 75.7 Å². The fraction of sp³-hybridized carbons (Fsp3) is 0.350. The number of carbonyl (C=O) groups is 1. The van der Waals surface area contributed by atoms with Gasteiger partial charge in [-0.1, -0.05) is 24.6 Å². The van der Waals surface area contributed by atoms with Gasteiger partial charge in [0.1, 0.15) is 11.8 Å². The maximum absolute atomic E-state index is 12.8. The average Bonchev–Trinajstić information content (AvgIpc) is 2.61. The second kappa shape index (κ2) is 8.90. The Morgan fingerprint density at radius 1 is 1.07 bits per heavy atom. The molecule has 0 unspecified atom stereocenters. The molecule has 0 heterocycles. The summed E-state index contributed by atoms with van der Waals surface area (Å²) in [7, 11) is -3.64. The van der Waals surface area contributed by atoms with Gasteiger partial charge in [0.15, 0.2) is 0 Å². The first kappa shape index (κ1) is 20.8. The summed E-state index contributed by atoms with van der Waals surface area (Å²) in [5.41, 5.74) is 2.06. The highest BCUT2D eigenvalue weighted by Gasteiger charge is 2.31. The molecule has 0 spiro atoms. The van der Waals surface area contributed by atoms with E-state index in [1.54, 1.807) is 43.3 Å².